The Balaban J connectivity index is 1.84. The molecule has 2 aromatic carbocycles. The van der Waals surface area contributed by atoms with Crippen LogP contribution in [0.4, 0.5) is 14.5 Å². The van der Waals surface area contributed by atoms with Crippen molar-refractivity contribution in [2.24, 2.45) is 16.6 Å². The fraction of sp³-hybridized carbons (Fsp3) is 0.333. The van der Waals surface area contributed by atoms with Crippen LogP contribution in [0.1, 0.15) is 31.9 Å². The zero-order chi connectivity index (χ0) is 31.4. The van der Waals surface area contributed by atoms with Crippen LogP contribution in [0.3, 0.4) is 0 Å². The molecule has 1 unspecified atom stereocenters. The van der Waals surface area contributed by atoms with Gasteiger partial charge in [-0.05, 0) is 43.2 Å². The lowest BCUT2D eigenvalue weighted by molar-refractivity contribution is -0.145. The number of benzene rings is 2. The van der Waals surface area contributed by atoms with Crippen LogP contribution < -0.4 is 20.1 Å². The van der Waals surface area contributed by atoms with E-state index in [-0.39, 0.29) is 29.5 Å². The van der Waals surface area contributed by atoms with Crippen LogP contribution in [0.25, 0.3) is 0 Å². The molecule has 1 aliphatic heterocycles. The van der Waals surface area contributed by atoms with E-state index in [1.54, 1.807) is 39.0 Å². The Labute approximate surface area is 248 Å². The summed E-state index contributed by atoms with van der Waals surface area (Å²) in [5, 5.41) is 18.1. The number of nitrogens with zero attached hydrogens (tertiary/aromatic N) is 4. The van der Waals surface area contributed by atoms with Crippen LogP contribution in [0.2, 0.25) is 0 Å². The van der Waals surface area contributed by atoms with Crippen molar-refractivity contribution < 1.29 is 32.9 Å². The second-order valence-electron chi connectivity index (χ2n) is 10.2. The maximum Gasteiger partial charge on any atom is 0.329 e. The van der Waals surface area contributed by atoms with Crippen LogP contribution in [0, 0.1) is 23.0 Å². The number of hydrogen-bond donors (Lipinski definition) is 3. The number of phenols is 1. The summed E-state index contributed by atoms with van der Waals surface area (Å²) in [6.07, 6.45) is 0. The molecule has 2 heterocycles. The lowest BCUT2D eigenvalue weighted by Crippen LogP contribution is -2.44. The fourth-order valence-electron chi connectivity index (χ4n) is 4.70. The van der Waals surface area contributed by atoms with Gasteiger partial charge < -0.3 is 34.9 Å². The Hall–Kier alpha value is -4.94. The molecule has 0 aliphatic carbocycles. The van der Waals surface area contributed by atoms with Crippen LogP contribution in [-0.4, -0.2) is 72.5 Å². The van der Waals surface area contributed by atoms with Gasteiger partial charge in [-0.15, -0.1) is 0 Å². The molecule has 0 spiro atoms. The third kappa shape index (κ3) is 6.60. The second kappa shape index (κ2) is 12.9. The minimum absolute atomic E-state index is 0.0719. The minimum atomic E-state index is -1.26. The molecule has 3 aromatic rings. The predicted octanol–water partition coefficient (Wildman–Crippen LogP) is 4.65. The van der Waals surface area contributed by atoms with Crippen molar-refractivity contribution in [3.63, 3.8) is 0 Å². The summed E-state index contributed by atoms with van der Waals surface area (Å²) in [6, 6.07) is 9.46. The average molecular weight is 597 g/mol. The summed E-state index contributed by atoms with van der Waals surface area (Å²) in [4.78, 5) is 24.4. The molecule has 0 bridgehead atoms. The van der Waals surface area contributed by atoms with E-state index in [0.29, 0.717) is 6.54 Å². The molecule has 4 rings (SSSR count). The number of phenolic OH excluding ortho intramolecular Hbond substituents is 1. The van der Waals surface area contributed by atoms with E-state index in [0.717, 1.165) is 22.8 Å². The molecule has 0 radical (unpaired) electrons. The van der Waals surface area contributed by atoms with Crippen molar-refractivity contribution in [3.8, 4) is 29.0 Å². The summed E-state index contributed by atoms with van der Waals surface area (Å²) < 4.78 is 48.9. The van der Waals surface area contributed by atoms with Gasteiger partial charge in [-0.3, -0.25) is 10.4 Å². The highest BCUT2D eigenvalue weighted by atomic mass is 19.1. The Bertz CT molecular complexity index is 1560. The number of carbonyl (C=O) groups excluding carboxylic acids is 1. The second-order valence-corrected chi connectivity index (χ2v) is 10.2. The van der Waals surface area contributed by atoms with Gasteiger partial charge in [-0.1, -0.05) is 26.0 Å². The standard InChI is InChI=1S/C30H34F2N6O5/c1-6-41-30(40)24(16(2)3)38(5)25-22(31)28(42-19-9-7-8-18(14-19)27-35-12-13-37(27)4)36-29(23(25)32)43-21-15-17(26(33)34)10-11-20(21)39/h7-11,14-16,24,39H,6,12-13H2,1-5H3,(H3,33,34). The van der Waals surface area contributed by atoms with E-state index in [1.165, 1.54) is 25.2 Å². The number of aliphatic imine (C=N–C) groups is 1. The van der Waals surface area contributed by atoms with Crippen molar-refractivity contribution in [3.05, 3.63) is 65.2 Å². The first-order chi connectivity index (χ1) is 20.4. The third-order valence-corrected chi connectivity index (χ3v) is 6.77. The van der Waals surface area contributed by atoms with E-state index in [4.69, 9.17) is 25.4 Å². The molecule has 43 heavy (non-hydrogen) atoms. The molecule has 1 atom stereocenters. The van der Waals surface area contributed by atoms with E-state index < -0.39 is 52.8 Å². The monoisotopic (exact) mass is 596 g/mol. The van der Waals surface area contributed by atoms with Crippen LogP contribution in [-0.2, 0) is 9.53 Å². The molecule has 4 N–H and O–H groups in total. The third-order valence-electron chi connectivity index (χ3n) is 6.77. The molecule has 11 nitrogen and oxygen atoms in total. The van der Waals surface area contributed by atoms with Gasteiger partial charge in [0.05, 0.1) is 13.2 Å². The maximum atomic E-state index is 16.2. The van der Waals surface area contributed by atoms with Crippen LogP contribution in [0.5, 0.6) is 29.0 Å². The number of pyridine rings is 1. The largest absolute Gasteiger partial charge is 0.504 e. The van der Waals surface area contributed by atoms with E-state index in [9.17, 15) is 9.90 Å². The first kappa shape index (κ1) is 31.0. The fourth-order valence-corrected chi connectivity index (χ4v) is 4.70. The van der Waals surface area contributed by atoms with E-state index in [1.807, 2.05) is 18.0 Å². The molecule has 1 aromatic heterocycles. The summed E-state index contributed by atoms with van der Waals surface area (Å²) in [5.41, 5.74) is 5.80. The lowest BCUT2D eigenvalue weighted by atomic mass is 10.0. The topological polar surface area (TPSA) is 147 Å². The van der Waals surface area contributed by atoms with Crippen LogP contribution in [0.15, 0.2) is 47.5 Å². The number of ether oxygens (including phenoxy) is 3. The number of aromatic nitrogens is 1. The molecular formula is C30H34F2N6O5. The van der Waals surface area contributed by atoms with E-state index in [2.05, 4.69) is 9.98 Å². The number of hydrogen-bond acceptors (Lipinski definition) is 10. The normalized spacial score (nSPS) is 13.5. The lowest BCUT2D eigenvalue weighted by Gasteiger charge is -2.31. The van der Waals surface area contributed by atoms with Gasteiger partial charge in [0.25, 0.3) is 11.8 Å². The Kier molecular flexibility index (Phi) is 9.32. The number of halogens is 2. The number of esters is 1. The highest BCUT2D eigenvalue weighted by Crippen LogP contribution is 2.40. The number of rotatable bonds is 11. The molecule has 228 valence electrons. The summed E-state index contributed by atoms with van der Waals surface area (Å²) in [5.74, 6) is -5.05. The zero-order valence-electron chi connectivity index (χ0n) is 24.5. The summed E-state index contributed by atoms with van der Waals surface area (Å²) in [7, 11) is 3.25. The molecule has 0 saturated carbocycles. The Morgan fingerprint density at radius 2 is 1.86 bits per heavy atom. The van der Waals surface area contributed by atoms with Crippen molar-refractivity contribution in [2.45, 2.75) is 26.8 Å². The average Bonchev–Trinajstić information content (AvgIpc) is 3.38. The predicted molar refractivity (Wildman–Crippen MR) is 158 cm³/mol. The number of nitrogen functional groups attached to an aromatic ring is 1. The maximum absolute atomic E-state index is 16.2. The number of nitrogens with one attached hydrogen (secondary N) is 1. The summed E-state index contributed by atoms with van der Waals surface area (Å²) in [6.45, 7) is 6.51. The van der Waals surface area contributed by atoms with Gasteiger partial charge in [0, 0.05) is 31.8 Å². The van der Waals surface area contributed by atoms with Gasteiger partial charge in [0.1, 0.15) is 29.1 Å². The van der Waals surface area contributed by atoms with Crippen molar-refractivity contribution in [1.82, 2.24) is 9.88 Å². The van der Waals surface area contributed by atoms with Gasteiger partial charge in [-0.25, -0.2) is 4.79 Å². The minimum Gasteiger partial charge on any atom is -0.504 e. The van der Waals surface area contributed by atoms with Gasteiger partial charge in [-0.2, -0.15) is 13.8 Å². The van der Waals surface area contributed by atoms with Crippen molar-refractivity contribution in [2.75, 3.05) is 38.7 Å². The smallest absolute Gasteiger partial charge is 0.329 e. The number of carbonyl (C=O) groups is 1. The molecular weight excluding hydrogens is 562 g/mol. The number of nitrogens with two attached hydrogens (primary N) is 1. The first-order valence-electron chi connectivity index (χ1n) is 13.6. The van der Waals surface area contributed by atoms with Crippen LogP contribution >= 0.6 is 0 Å². The molecule has 0 saturated heterocycles. The van der Waals surface area contributed by atoms with Gasteiger partial charge in [0.2, 0.25) is 11.6 Å². The number of amidine groups is 2. The highest BCUT2D eigenvalue weighted by molar-refractivity contribution is 6.00. The Morgan fingerprint density at radius 1 is 1.16 bits per heavy atom. The zero-order valence-corrected chi connectivity index (χ0v) is 24.5. The number of aromatic hydroxyl groups is 1. The first-order valence-corrected chi connectivity index (χ1v) is 13.6. The van der Waals surface area contributed by atoms with Crippen molar-refractivity contribution >= 4 is 23.3 Å². The summed E-state index contributed by atoms with van der Waals surface area (Å²) >= 11 is 0. The quantitative estimate of drug-likeness (QED) is 0.164. The van der Waals surface area contributed by atoms with Crippen molar-refractivity contribution in [1.29, 1.82) is 5.41 Å². The number of anilines is 1. The molecule has 13 heteroatoms. The SMILES string of the molecule is CCOC(=O)C(C(C)C)N(C)c1c(F)c(Oc2cccc(C3=NCCN3C)c2)nc(Oc2cc(C(=N)N)ccc2O)c1F. The molecule has 0 amide bonds. The highest BCUT2D eigenvalue weighted by Gasteiger charge is 2.35. The van der Waals surface area contributed by atoms with Gasteiger partial charge in [0.15, 0.2) is 11.5 Å². The molecule has 0 fully saturated rings. The van der Waals surface area contributed by atoms with E-state index >= 15 is 8.78 Å². The van der Waals surface area contributed by atoms with Gasteiger partial charge >= 0.3 is 5.97 Å². The molecule has 1 aliphatic rings. The Morgan fingerprint density at radius 3 is 2.47 bits per heavy atom. The number of likely N-dealkylation sites (N-methyl/N-ethyl adjacent to an activating group) is 2.